The minimum absolute atomic E-state index is 0.208. The highest BCUT2D eigenvalue weighted by Crippen LogP contribution is 2.21. The molecule has 0 saturated carbocycles. The van der Waals surface area contributed by atoms with Crippen LogP contribution in [0.15, 0.2) is 35.0 Å². The fraction of sp³-hybridized carbons (Fsp3) is 0.381. The van der Waals surface area contributed by atoms with E-state index in [1.165, 1.54) is 0 Å². The summed E-state index contributed by atoms with van der Waals surface area (Å²) in [5.41, 5.74) is 3.92. The van der Waals surface area contributed by atoms with E-state index in [2.05, 4.69) is 21.6 Å². The van der Waals surface area contributed by atoms with E-state index < -0.39 is 0 Å². The van der Waals surface area contributed by atoms with Crippen LogP contribution in [-0.2, 0) is 13.2 Å². The van der Waals surface area contributed by atoms with Crippen molar-refractivity contribution in [3.8, 4) is 5.75 Å². The van der Waals surface area contributed by atoms with E-state index in [0.29, 0.717) is 11.3 Å². The van der Waals surface area contributed by atoms with Gasteiger partial charge in [-0.3, -0.25) is 9.48 Å². The highest BCUT2D eigenvalue weighted by molar-refractivity contribution is 5.94. The van der Waals surface area contributed by atoms with Gasteiger partial charge in [0.25, 0.3) is 5.91 Å². The number of ether oxygens (including phenoxy) is 1. The number of hydrogen-bond acceptors (Lipinski definition) is 5. The molecule has 2 aromatic heterocycles. The van der Waals surface area contributed by atoms with Crippen LogP contribution in [0.5, 0.6) is 5.75 Å². The Labute approximate surface area is 164 Å². The van der Waals surface area contributed by atoms with Crippen LogP contribution in [0.25, 0.3) is 0 Å². The van der Waals surface area contributed by atoms with E-state index >= 15 is 0 Å². The van der Waals surface area contributed by atoms with E-state index in [-0.39, 0.29) is 24.2 Å². The molecule has 1 unspecified atom stereocenters. The lowest BCUT2D eigenvalue weighted by Gasteiger charge is -2.12. The molecule has 1 aromatic carbocycles. The van der Waals surface area contributed by atoms with Crippen LogP contribution in [-0.4, -0.2) is 20.8 Å². The molecule has 0 bridgehead atoms. The molecule has 1 N–H and O–H groups in total. The molecule has 7 nitrogen and oxygen atoms in total. The van der Waals surface area contributed by atoms with Crippen LogP contribution in [0, 0.1) is 20.8 Å². The van der Waals surface area contributed by atoms with Gasteiger partial charge in [-0.25, -0.2) is 0 Å². The third kappa shape index (κ3) is 4.42. The Morgan fingerprint density at radius 3 is 2.61 bits per heavy atom. The maximum absolute atomic E-state index is 12.7. The van der Waals surface area contributed by atoms with Crippen molar-refractivity contribution in [2.45, 2.75) is 53.8 Å². The second kappa shape index (κ2) is 8.29. The number of rotatable bonds is 7. The number of nitrogens with zero attached hydrogens (tertiary/aromatic N) is 3. The summed E-state index contributed by atoms with van der Waals surface area (Å²) in [4.78, 5) is 12.7. The smallest absolute Gasteiger partial charge is 0.274 e. The molecule has 0 aliphatic rings. The molecule has 0 aliphatic carbocycles. The lowest BCUT2D eigenvalue weighted by molar-refractivity contribution is 0.0927. The van der Waals surface area contributed by atoms with Crippen molar-refractivity contribution in [1.29, 1.82) is 0 Å². The van der Waals surface area contributed by atoms with Gasteiger partial charge < -0.3 is 14.6 Å². The number of carbonyl (C=O) groups is 1. The predicted molar refractivity (Wildman–Crippen MR) is 105 cm³/mol. The summed E-state index contributed by atoms with van der Waals surface area (Å²) < 4.78 is 13.0. The fourth-order valence-corrected chi connectivity index (χ4v) is 3.03. The third-order valence-electron chi connectivity index (χ3n) is 4.55. The summed E-state index contributed by atoms with van der Waals surface area (Å²) in [5.74, 6) is 1.01. The summed E-state index contributed by atoms with van der Waals surface area (Å²) >= 11 is 0. The van der Waals surface area contributed by atoms with Crippen molar-refractivity contribution in [3.63, 3.8) is 0 Å². The zero-order chi connectivity index (χ0) is 20.3. The molecule has 148 valence electrons. The first-order valence-corrected chi connectivity index (χ1v) is 9.37. The zero-order valence-corrected chi connectivity index (χ0v) is 16.9. The third-order valence-corrected chi connectivity index (χ3v) is 4.55. The van der Waals surface area contributed by atoms with Crippen LogP contribution in [0.1, 0.15) is 58.5 Å². The second-order valence-corrected chi connectivity index (χ2v) is 6.97. The molecule has 0 saturated heterocycles. The van der Waals surface area contributed by atoms with Gasteiger partial charge in [0.15, 0.2) is 5.69 Å². The van der Waals surface area contributed by atoms with Gasteiger partial charge in [-0.15, -0.1) is 0 Å². The van der Waals surface area contributed by atoms with Gasteiger partial charge >= 0.3 is 0 Å². The molecule has 2 heterocycles. The van der Waals surface area contributed by atoms with E-state index in [4.69, 9.17) is 9.26 Å². The highest BCUT2D eigenvalue weighted by atomic mass is 16.5. The molecule has 0 spiro atoms. The lowest BCUT2D eigenvalue weighted by atomic mass is 10.1. The van der Waals surface area contributed by atoms with Gasteiger partial charge in [0.1, 0.15) is 18.1 Å². The normalized spacial score (nSPS) is 12.0. The summed E-state index contributed by atoms with van der Waals surface area (Å²) in [5, 5.41) is 11.3. The van der Waals surface area contributed by atoms with Crippen LogP contribution < -0.4 is 10.1 Å². The largest absolute Gasteiger partial charge is 0.489 e. The molecular formula is C21H26N4O3. The average molecular weight is 382 g/mol. The first kappa shape index (κ1) is 19.7. The molecule has 0 radical (unpaired) electrons. The van der Waals surface area contributed by atoms with Crippen molar-refractivity contribution < 1.29 is 14.1 Å². The highest BCUT2D eigenvalue weighted by Gasteiger charge is 2.22. The first-order chi connectivity index (χ1) is 13.4. The minimum Gasteiger partial charge on any atom is -0.489 e. The molecule has 0 fully saturated rings. The Balaban J connectivity index is 1.71. The predicted octanol–water partition coefficient (Wildman–Crippen LogP) is 3.89. The zero-order valence-electron chi connectivity index (χ0n) is 16.9. The van der Waals surface area contributed by atoms with Gasteiger partial charge in [0.05, 0.1) is 17.3 Å². The van der Waals surface area contributed by atoms with Crippen molar-refractivity contribution >= 4 is 5.91 Å². The molecule has 3 rings (SSSR count). The molecular weight excluding hydrogens is 356 g/mol. The van der Waals surface area contributed by atoms with E-state index in [0.717, 1.165) is 29.1 Å². The number of aromatic nitrogens is 3. The van der Waals surface area contributed by atoms with Gasteiger partial charge in [-0.1, -0.05) is 11.2 Å². The van der Waals surface area contributed by atoms with Crippen LogP contribution in [0.2, 0.25) is 0 Å². The van der Waals surface area contributed by atoms with Crippen molar-refractivity contribution in [3.05, 3.63) is 64.3 Å². The average Bonchev–Trinajstić information content (AvgIpc) is 3.26. The maximum Gasteiger partial charge on any atom is 0.274 e. The van der Waals surface area contributed by atoms with Gasteiger partial charge in [0.2, 0.25) is 0 Å². The summed E-state index contributed by atoms with van der Waals surface area (Å²) in [7, 11) is 0. The summed E-state index contributed by atoms with van der Waals surface area (Å²) in [6.45, 7) is 10.7. The Hall–Kier alpha value is -3.09. The first-order valence-electron chi connectivity index (χ1n) is 9.37. The van der Waals surface area contributed by atoms with Crippen molar-refractivity contribution in [1.82, 2.24) is 20.3 Å². The topological polar surface area (TPSA) is 82.2 Å². The van der Waals surface area contributed by atoms with Crippen LogP contribution in [0.3, 0.4) is 0 Å². The molecule has 1 amide bonds. The number of aryl methyl sites for hydroxylation is 4. The number of benzene rings is 1. The van der Waals surface area contributed by atoms with Crippen molar-refractivity contribution in [2.75, 3.05) is 0 Å². The quantitative estimate of drug-likeness (QED) is 0.670. The number of carbonyl (C=O) groups excluding carboxylic acids is 1. The molecule has 1 atom stereocenters. The Bertz CT molecular complexity index is 954. The molecule has 0 aliphatic heterocycles. The monoisotopic (exact) mass is 382 g/mol. The summed E-state index contributed by atoms with van der Waals surface area (Å²) in [6, 6.07) is 7.65. The number of hydrogen-bond donors (Lipinski definition) is 1. The van der Waals surface area contributed by atoms with Crippen LogP contribution in [0.4, 0.5) is 0 Å². The van der Waals surface area contributed by atoms with Gasteiger partial charge in [-0.2, -0.15) is 5.10 Å². The molecule has 28 heavy (non-hydrogen) atoms. The standard InChI is InChI=1S/C21H26N4O3/c1-6-25-8-7-19(23-25)15(4)22-21(26)20-18(16(5)28-24-20)12-27-17-10-13(2)9-14(3)11-17/h7-11,15H,6,12H2,1-5H3,(H,22,26). The number of amides is 1. The second-order valence-electron chi connectivity index (χ2n) is 6.97. The molecule has 3 aromatic rings. The number of nitrogens with one attached hydrogen (secondary N) is 1. The fourth-order valence-electron chi connectivity index (χ4n) is 3.03. The van der Waals surface area contributed by atoms with E-state index in [1.807, 2.05) is 56.8 Å². The van der Waals surface area contributed by atoms with Crippen LogP contribution >= 0.6 is 0 Å². The molecule has 7 heteroatoms. The van der Waals surface area contributed by atoms with Gasteiger partial charge in [-0.05, 0) is 63.9 Å². The Kier molecular flexibility index (Phi) is 5.82. The summed E-state index contributed by atoms with van der Waals surface area (Å²) in [6.07, 6.45) is 1.89. The van der Waals surface area contributed by atoms with Crippen molar-refractivity contribution in [2.24, 2.45) is 0 Å². The Morgan fingerprint density at radius 1 is 1.25 bits per heavy atom. The minimum atomic E-state index is -0.311. The lowest BCUT2D eigenvalue weighted by Crippen LogP contribution is -2.28. The van der Waals surface area contributed by atoms with E-state index in [1.54, 1.807) is 6.92 Å². The SMILES string of the molecule is CCn1ccc(C(C)NC(=O)c2noc(C)c2COc2cc(C)cc(C)c2)n1. The van der Waals surface area contributed by atoms with E-state index in [9.17, 15) is 4.79 Å². The van der Waals surface area contributed by atoms with Gasteiger partial charge in [0, 0.05) is 12.7 Å². The maximum atomic E-state index is 12.7. The Morgan fingerprint density at radius 2 is 1.96 bits per heavy atom.